The molecule has 1 aromatic carbocycles. The summed E-state index contributed by atoms with van der Waals surface area (Å²) in [6.45, 7) is 0. The number of fused-ring (bicyclic) bond motifs is 1. The van der Waals surface area contributed by atoms with Crippen LogP contribution in [0.3, 0.4) is 0 Å². The van der Waals surface area contributed by atoms with Gasteiger partial charge in [0.1, 0.15) is 0 Å². The van der Waals surface area contributed by atoms with Crippen LogP contribution in [0.1, 0.15) is 30.0 Å². The Morgan fingerprint density at radius 2 is 2.25 bits per heavy atom. The van der Waals surface area contributed by atoms with E-state index in [0.717, 1.165) is 6.42 Å². The molecule has 2 heteroatoms. The highest BCUT2D eigenvalue weighted by molar-refractivity contribution is 14.1. The molecule has 64 valence electrons. The first-order valence-electron chi connectivity index (χ1n) is 4.31. The van der Waals surface area contributed by atoms with E-state index in [1.807, 2.05) is 0 Å². The highest BCUT2D eigenvalue weighted by atomic mass is 127. The predicted octanol–water partition coefficient (Wildman–Crippen LogP) is 2.63. The Morgan fingerprint density at radius 3 is 3.08 bits per heavy atom. The highest BCUT2D eigenvalue weighted by Crippen LogP contribution is 2.28. The van der Waals surface area contributed by atoms with Crippen molar-refractivity contribution in [2.75, 3.05) is 0 Å². The van der Waals surface area contributed by atoms with E-state index in [2.05, 4.69) is 40.8 Å². The number of halogens is 1. The molecule has 0 heterocycles. The first-order valence-corrected chi connectivity index (χ1v) is 5.39. The smallest absolute Gasteiger partial charge is 0.0298 e. The third-order valence-electron chi connectivity index (χ3n) is 2.47. The molecule has 1 aliphatic carbocycles. The molecule has 0 spiro atoms. The maximum atomic E-state index is 6.01. The lowest BCUT2D eigenvalue weighted by Crippen LogP contribution is -2.17. The van der Waals surface area contributed by atoms with Crippen molar-refractivity contribution in [2.45, 2.75) is 25.3 Å². The van der Waals surface area contributed by atoms with Crippen molar-refractivity contribution < 1.29 is 0 Å². The van der Waals surface area contributed by atoms with Gasteiger partial charge in [0.25, 0.3) is 0 Å². The maximum absolute atomic E-state index is 6.01. The molecule has 12 heavy (non-hydrogen) atoms. The summed E-state index contributed by atoms with van der Waals surface area (Å²) in [4.78, 5) is 0. The molecule has 1 aromatic rings. The molecule has 0 unspecified atom stereocenters. The Balaban J connectivity index is 2.47. The van der Waals surface area contributed by atoms with E-state index in [1.165, 1.54) is 27.5 Å². The van der Waals surface area contributed by atoms with E-state index in [-0.39, 0.29) is 6.04 Å². The molecule has 2 rings (SSSR count). The molecule has 0 fully saturated rings. The minimum atomic E-state index is 0.281. The van der Waals surface area contributed by atoms with Crippen molar-refractivity contribution in [3.8, 4) is 0 Å². The van der Waals surface area contributed by atoms with Gasteiger partial charge in [-0.15, -0.1) is 0 Å². The van der Waals surface area contributed by atoms with Gasteiger partial charge in [-0.2, -0.15) is 0 Å². The SMILES string of the molecule is N[C@@H]1CCCc2ccc(I)cc21. The lowest BCUT2D eigenvalue weighted by Gasteiger charge is -2.22. The van der Waals surface area contributed by atoms with Gasteiger partial charge in [0.05, 0.1) is 0 Å². The van der Waals surface area contributed by atoms with Gasteiger partial charge in [-0.3, -0.25) is 0 Å². The van der Waals surface area contributed by atoms with E-state index in [4.69, 9.17) is 5.73 Å². The molecule has 0 bridgehead atoms. The standard InChI is InChI=1S/C10H12IN/c11-8-5-4-7-2-1-3-10(12)9(7)6-8/h4-6,10H,1-3,12H2/t10-/m1/s1. The molecule has 1 aliphatic rings. The van der Waals surface area contributed by atoms with Gasteiger partial charge >= 0.3 is 0 Å². The average molecular weight is 273 g/mol. The zero-order chi connectivity index (χ0) is 8.55. The topological polar surface area (TPSA) is 26.0 Å². The van der Waals surface area contributed by atoms with Crippen molar-refractivity contribution in [2.24, 2.45) is 5.73 Å². The number of benzene rings is 1. The summed E-state index contributed by atoms with van der Waals surface area (Å²) in [6, 6.07) is 6.89. The number of nitrogens with two attached hydrogens (primary N) is 1. The molecule has 0 saturated carbocycles. The van der Waals surface area contributed by atoms with Gasteiger partial charge in [0.15, 0.2) is 0 Å². The Hall–Kier alpha value is -0.0900. The second-order valence-corrected chi connectivity index (χ2v) is 4.59. The van der Waals surface area contributed by atoms with Gasteiger partial charge in [-0.1, -0.05) is 6.07 Å². The van der Waals surface area contributed by atoms with Gasteiger partial charge in [-0.25, -0.2) is 0 Å². The van der Waals surface area contributed by atoms with Crippen LogP contribution < -0.4 is 5.73 Å². The zero-order valence-corrected chi connectivity index (χ0v) is 9.04. The Kier molecular flexibility index (Phi) is 2.37. The lowest BCUT2D eigenvalue weighted by atomic mass is 9.88. The number of hydrogen-bond acceptors (Lipinski definition) is 1. The Labute approximate surface area is 86.5 Å². The number of aryl methyl sites for hydroxylation is 1. The third-order valence-corrected chi connectivity index (χ3v) is 3.14. The largest absolute Gasteiger partial charge is 0.324 e. The lowest BCUT2D eigenvalue weighted by molar-refractivity contribution is 0.570. The van der Waals surface area contributed by atoms with E-state index < -0.39 is 0 Å². The van der Waals surface area contributed by atoms with Crippen LogP contribution in [-0.4, -0.2) is 0 Å². The fourth-order valence-corrected chi connectivity index (χ4v) is 2.32. The van der Waals surface area contributed by atoms with E-state index in [9.17, 15) is 0 Å². The zero-order valence-electron chi connectivity index (χ0n) is 6.89. The normalized spacial score (nSPS) is 22.0. The summed E-state index contributed by atoms with van der Waals surface area (Å²) in [5.74, 6) is 0. The average Bonchev–Trinajstić information content (AvgIpc) is 2.07. The molecule has 0 aromatic heterocycles. The van der Waals surface area contributed by atoms with Crippen LogP contribution in [-0.2, 0) is 6.42 Å². The number of hydrogen-bond donors (Lipinski definition) is 1. The summed E-state index contributed by atoms with van der Waals surface area (Å²) in [6.07, 6.45) is 3.60. The van der Waals surface area contributed by atoms with Crippen molar-refractivity contribution >= 4 is 22.6 Å². The maximum Gasteiger partial charge on any atom is 0.0298 e. The molecule has 0 aliphatic heterocycles. The van der Waals surface area contributed by atoms with Crippen LogP contribution in [0.15, 0.2) is 18.2 Å². The Bertz CT molecular complexity index is 296. The van der Waals surface area contributed by atoms with Crippen LogP contribution in [0, 0.1) is 3.57 Å². The van der Waals surface area contributed by atoms with Gasteiger partial charge in [0, 0.05) is 9.61 Å². The monoisotopic (exact) mass is 273 g/mol. The first-order chi connectivity index (χ1) is 5.77. The molecule has 0 radical (unpaired) electrons. The summed E-state index contributed by atoms with van der Waals surface area (Å²) in [5, 5.41) is 0. The van der Waals surface area contributed by atoms with E-state index in [1.54, 1.807) is 0 Å². The van der Waals surface area contributed by atoms with E-state index in [0.29, 0.717) is 0 Å². The summed E-state index contributed by atoms with van der Waals surface area (Å²) in [5.41, 5.74) is 8.83. The molecule has 1 nitrogen and oxygen atoms in total. The van der Waals surface area contributed by atoms with Crippen molar-refractivity contribution in [1.29, 1.82) is 0 Å². The van der Waals surface area contributed by atoms with Crippen LogP contribution in [0.2, 0.25) is 0 Å². The third kappa shape index (κ3) is 1.50. The van der Waals surface area contributed by atoms with Gasteiger partial charge < -0.3 is 5.73 Å². The Morgan fingerprint density at radius 1 is 1.42 bits per heavy atom. The number of rotatable bonds is 0. The van der Waals surface area contributed by atoms with Crippen molar-refractivity contribution in [1.82, 2.24) is 0 Å². The van der Waals surface area contributed by atoms with Crippen LogP contribution in [0.5, 0.6) is 0 Å². The molecule has 2 N–H and O–H groups in total. The highest BCUT2D eigenvalue weighted by Gasteiger charge is 2.15. The molecule has 0 amide bonds. The molecular weight excluding hydrogens is 261 g/mol. The molecule has 1 atom stereocenters. The van der Waals surface area contributed by atoms with Crippen LogP contribution >= 0.6 is 22.6 Å². The summed E-state index contributed by atoms with van der Waals surface area (Å²) in [7, 11) is 0. The quantitative estimate of drug-likeness (QED) is 0.722. The van der Waals surface area contributed by atoms with Gasteiger partial charge in [0.2, 0.25) is 0 Å². The van der Waals surface area contributed by atoms with Crippen molar-refractivity contribution in [3.63, 3.8) is 0 Å². The first kappa shape index (κ1) is 8.51. The van der Waals surface area contributed by atoms with Crippen LogP contribution in [0.25, 0.3) is 0 Å². The molecular formula is C10H12IN. The minimum absolute atomic E-state index is 0.281. The second kappa shape index (κ2) is 3.34. The fourth-order valence-electron chi connectivity index (χ4n) is 1.81. The van der Waals surface area contributed by atoms with Crippen molar-refractivity contribution in [3.05, 3.63) is 32.9 Å². The second-order valence-electron chi connectivity index (χ2n) is 3.34. The minimum Gasteiger partial charge on any atom is -0.324 e. The predicted molar refractivity (Wildman–Crippen MR) is 59.0 cm³/mol. The van der Waals surface area contributed by atoms with Crippen LogP contribution in [0.4, 0.5) is 0 Å². The fraction of sp³-hybridized carbons (Fsp3) is 0.400. The van der Waals surface area contributed by atoms with Gasteiger partial charge in [-0.05, 0) is 65.1 Å². The molecule has 0 saturated heterocycles. The summed E-state index contributed by atoms with van der Waals surface area (Å²) >= 11 is 2.34. The van der Waals surface area contributed by atoms with E-state index >= 15 is 0 Å². The summed E-state index contributed by atoms with van der Waals surface area (Å²) < 4.78 is 1.30.